The van der Waals surface area contributed by atoms with E-state index >= 15 is 0 Å². The Morgan fingerprint density at radius 2 is 2.05 bits per heavy atom. The molecule has 0 spiro atoms. The van der Waals surface area contributed by atoms with E-state index in [1.807, 2.05) is 13.8 Å². The van der Waals surface area contributed by atoms with Crippen molar-refractivity contribution in [3.05, 3.63) is 41.7 Å². The average molecular weight is 263 g/mol. The Balaban J connectivity index is 2.01. The molecule has 1 aliphatic heterocycles. The molecule has 0 saturated carbocycles. The van der Waals surface area contributed by atoms with Gasteiger partial charge in [0, 0.05) is 12.6 Å². The highest BCUT2D eigenvalue weighted by Crippen LogP contribution is 2.12. The van der Waals surface area contributed by atoms with E-state index < -0.39 is 0 Å². The molecule has 4 heteroatoms. The quantitative estimate of drug-likeness (QED) is 0.767. The topological polar surface area (TPSA) is 29.5 Å². The highest BCUT2D eigenvalue weighted by atomic mass is 19.1. The monoisotopic (exact) mass is 263 g/mol. The van der Waals surface area contributed by atoms with E-state index in [2.05, 4.69) is 0 Å². The molecule has 0 N–H and O–H groups in total. The minimum absolute atomic E-state index is 0.0352. The number of benzene rings is 1. The molecular formula is C15H18FNO2. The Morgan fingerprint density at radius 1 is 1.37 bits per heavy atom. The van der Waals surface area contributed by atoms with Gasteiger partial charge in [-0.3, -0.25) is 4.79 Å². The van der Waals surface area contributed by atoms with E-state index in [9.17, 15) is 9.18 Å². The summed E-state index contributed by atoms with van der Waals surface area (Å²) in [5.41, 5.74) is 0.809. The molecule has 0 unspecified atom stereocenters. The van der Waals surface area contributed by atoms with E-state index in [-0.39, 0.29) is 23.9 Å². The first-order valence-corrected chi connectivity index (χ1v) is 6.42. The number of nitrogens with zero attached hydrogens (tertiary/aromatic N) is 1. The zero-order valence-electron chi connectivity index (χ0n) is 11.2. The second-order valence-electron chi connectivity index (χ2n) is 4.87. The maximum atomic E-state index is 12.8. The van der Waals surface area contributed by atoms with Crippen LogP contribution in [-0.2, 0) is 9.53 Å². The molecule has 0 aliphatic carbocycles. The van der Waals surface area contributed by atoms with Gasteiger partial charge in [-0.2, -0.15) is 0 Å². The lowest BCUT2D eigenvalue weighted by molar-refractivity contribution is -0.137. The molecular weight excluding hydrogens is 245 g/mol. The van der Waals surface area contributed by atoms with E-state index in [0.717, 1.165) is 5.56 Å². The SMILES string of the molecule is C[C@@H]1CN(C(=O)/C=C\c2ccc(F)cc2)[C@H](C)CO1. The number of ether oxygens (including phenoxy) is 1. The highest BCUT2D eigenvalue weighted by molar-refractivity contribution is 5.92. The van der Waals surface area contributed by atoms with Crippen molar-refractivity contribution in [1.29, 1.82) is 0 Å². The van der Waals surface area contributed by atoms with Gasteiger partial charge in [-0.25, -0.2) is 4.39 Å². The van der Waals surface area contributed by atoms with Crippen LogP contribution in [0.3, 0.4) is 0 Å². The van der Waals surface area contributed by atoms with Gasteiger partial charge in [0.15, 0.2) is 0 Å². The number of hydrogen-bond donors (Lipinski definition) is 0. The zero-order valence-corrected chi connectivity index (χ0v) is 11.2. The summed E-state index contributed by atoms with van der Waals surface area (Å²) in [4.78, 5) is 13.9. The summed E-state index contributed by atoms with van der Waals surface area (Å²) in [7, 11) is 0. The Kier molecular flexibility index (Phi) is 4.32. The van der Waals surface area contributed by atoms with Crippen molar-refractivity contribution in [1.82, 2.24) is 4.90 Å². The van der Waals surface area contributed by atoms with Crippen LogP contribution >= 0.6 is 0 Å². The summed E-state index contributed by atoms with van der Waals surface area (Å²) in [6.07, 6.45) is 3.30. The summed E-state index contributed by atoms with van der Waals surface area (Å²) in [6.45, 7) is 5.09. The lowest BCUT2D eigenvalue weighted by Gasteiger charge is -2.36. The van der Waals surface area contributed by atoms with Gasteiger partial charge < -0.3 is 9.64 Å². The molecule has 1 aromatic carbocycles. The number of amides is 1. The molecule has 1 saturated heterocycles. The van der Waals surface area contributed by atoms with Gasteiger partial charge in [0.1, 0.15) is 5.82 Å². The Labute approximate surface area is 112 Å². The number of halogens is 1. The summed E-state index contributed by atoms with van der Waals surface area (Å²) < 4.78 is 18.2. The minimum atomic E-state index is -0.279. The van der Waals surface area contributed by atoms with Crippen LogP contribution < -0.4 is 0 Å². The van der Waals surface area contributed by atoms with Gasteiger partial charge in [-0.1, -0.05) is 12.1 Å². The predicted molar refractivity (Wildman–Crippen MR) is 72.0 cm³/mol. The van der Waals surface area contributed by atoms with Crippen molar-refractivity contribution in [3.8, 4) is 0 Å². The highest BCUT2D eigenvalue weighted by Gasteiger charge is 2.25. The normalized spacial score (nSPS) is 23.8. The van der Waals surface area contributed by atoms with Gasteiger partial charge in [-0.15, -0.1) is 0 Å². The second kappa shape index (κ2) is 5.97. The fourth-order valence-corrected chi connectivity index (χ4v) is 2.05. The van der Waals surface area contributed by atoms with E-state index in [4.69, 9.17) is 4.74 Å². The third-order valence-corrected chi connectivity index (χ3v) is 3.18. The van der Waals surface area contributed by atoms with Gasteiger partial charge in [0.25, 0.3) is 0 Å². The van der Waals surface area contributed by atoms with Crippen molar-refractivity contribution in [2.45, 2.75) is 26.0 Å². The van der Waals surface area contributed by atoms with Crippen LogP contribution in [0.1, 0.15) is 19.4 Å². The van der Waals surface area contributed by atoms with Crippen molar-refractivity contribution in [3.63, 3.8) is 0 Å². The fraction of sp³-hybridized carbons (Fsp3) is 0.400. The molecule has 19 heavy (non-hydrogen) atoms. The number of rotatable bonds is 2. The van der Waals surface area contributed by atoms with Crippen LogP contribution in [0.15, 0.2) is 30.3 Å². The summed E-state index contributed by atoms with van der Waals surface area (Å²) in [5.74, 6) is -0.314. The molecule has 1 heterocycles. The number of carbonyl (C=O) groups excluding carboxylic acids is 1. The number of hydrogen-bond acceptors (Lipinski definition) is 2. The first kappa shape index (κ1) is 13.7. The van der Waals surface area contributed by atoms with Gasteiger partial charge in [-0.05, 0) is 37.6 Å². The van der Waals surface area contributed by atoms with Crippen molar-refractivity contribution < 1.29 is 13.9 Å². The first-order valence-electron chi connectivity index (χ1n) is 6.42. The minimum Gasteiger partial charge on any atom is -0.375 e. The molecule has 1 aromatic rings. The summed E-state index contributed by atoms with van der Waals surface area (Å²) in [6, 6.07) is 6.13. The third-order valence-electron chi connectivity index (χ3n) is 3.18. The molecule has 3 nitrogen and oxygen atoms in total. The van der Waals surface area contributed by atoms with Crippen LogP contribution in [0.25, 0.3) is 6.08 Å². The van der Waals surface area contributed by atoms with Crippen molar-refractivity contribution >= 4 is 12.0 Å². The van der Waals surface area contributed by atoms with Crippen LogP contribution in [0.2, 0.25) is 0 Å². The van der Waals surface area contributed by atoms with Gasteiger partial charge >= 0.3 is 0 Å². The number of morpholine rings is 1. The summed E-state index contributed by atoms with van der Waals surface area (Å²) >= 11 is 0. The molecule has 0 bridgehead atoms. The summed E-state index contributed by atoms with van der Waals surface area (Å²) in [5, 5.41) is 0. The first-order chi connectivity index (χ1) is 9.06. The third kappa shape index (κ3) is 3.64. The predicted octanol–water partition coefficient (Wildman–Crippen LogP) is 2.47. The standard InChI is InChI=1S/C15H18FNO2/c1-11-10-19-12(2)9-17(11)15(18)8-5-13-3-6-14(16)7-4-13/h3-8,11-12H,9-10H2,1-2H3/b8-5-/t11-,12-/m1/s1. The maximum absolute atomic E-state index is 12.8. The smallest absolute Gasteiger partial charge is 0.246 e. The molecule has 1 aliphatic rings. The Morgan fingerprint density at radius 3 is 2.74 bits per heavy atom. The van der Waals surface area contributed by atoms with Crippen molar-refractivity contribution in [2.24, 2.45) is 0 Å². The molecule has 0 radical (unpaired) electrons. The van der Waals surface area contributed by atoms with E-state index in [1.54, 1.807) is 23.1 Å². The number of carbonyl (C=O) groups is 1. The van der Waals surface area contributed by atoms with Crippen LogP contribution in [-0.4, -0.2) is 36.1 Å². The average Bonchev–Trinajstić information content (AvgIpc) is 2.40. The van der Waals surface area contributed by atoms with Gasteiger partial charge in [0.2, 0.25) is 5.91 Å². The van der Waals surface area contributed by atoms with Crippen LogP contribution in [0.4, 0.5) is 4.39 Å². The maximum Gasteiger partial charge on any atom is 0.246 e. The van der Waals surface area contributed by atoms with Crippen molar-refractivity contribution in [2.75, 3.05) is 13.2 Å². The lowest BCUT2D eigenvalue weighted by Crippen LogP contribution is -2.49. The van der Waals surface area contributed by atoms with Crippen LogP contribution in [0.5, 0.6) is 0 Å². The molecule has 0 aromatic heterocycles. The fourth-order valence-electron chi connectivity index (χ4n) is 2.05. The van der Waals surface area contributed by atoms with Gasteiger partial charge in [0.05, 0.1) is 18.8 Å². The van der Waals surface area contributed by atoms with E-state index in [1.165, 1.54) is 18.2 Å². The molecule has 2 rings (SSSR count). The zero-order chi connectivity index (χ0) is 13.8. The lowest BCUT2D eigenvalue weighted by atomic mass is 10.1. The Hall–Kier alpha value is -1.68. The second-order valence-corrected chi connectivity index (χ2v) is 4.87. The molecule has 2 atom stereocenters. The van der Waals surface area contributed by atoms with Crippen LogP contribution in [0, 0.1) is 5.82 Å². The Bertz CT molecular complexity index is 470. The molecule has 1 fully saturated rings. The van der Waals surface area contributed by atoms with E-state index in [0.29, 0.717) is 13.2 Å². The molecule has 102 valence electrons. The molecule has 1 amide bonds. The largest absolute Gasteiger partial charge is 0.375 e.